The molecule has 2 aliphatic carbocycles. The van der Waals surface area contributed by atoms with Crippen molar-refractivity contribution >= 4 is 29.5 Å². The first kappa shape index (κ1) is 28.1. The van der Waals surface area contributed by atoms with Crippen LogP contribution in [0.15, 0.2) is 0 Å². The van der Waals surface area contributed by atoms with Gasteiger partial charge in [0.2, 0.25) is 11.7 Å². The van der Waals surface area contributed by atoms with Crippen LogP contribution in [0.25, 0.3) is 0 Å². The van der Waals surface area contributed by atoms with Crippen LogP contribution in [0, 0.1) is 34.5 Å². The second-order valence-corrected chi connectivity index (χ2v) is 13.6. The van der Waals surface area contributed by atoms with Gasteiger partial charge in [-0.15, -0.1) is 0 Å². The number of alkyl carbamates (subject to hydrolysis) is 1. The van der Waals surface area contributed by atoms with E-state index in [-0.39, 0.29) is 35.4 Å². The topological polar surface area (TPSA) is 136 Å². The van der Waals surface area contributed by atoms with E-state index in [2.05, 4.69) is 19.2 Å². The van der Waals surface area contributed by atoms with Gasteiger partial charge in [0.1, 0.15) is 11.6 Å². The minimum absolute atomic E-state index is 0.0265. The van der Waals surface area contributed by atoms with Crippen LogP contribution in [0.3, 0.4) is 0 Å². The van der Waals surface area contributed by atoms with Crippen molar-refractivity contribution in [3.8, 4) is 0 Å². The zero-order chi connectivity index (χ0) is 27.4. The van der Waals surface area contributed by atoms with E-state index in [1.54, 1.807) is 25.7 Å². The number of fused-ring (bicyclic) bond motifs is 1. The fourth-order valence-electron chi connectivity index (χ4n) is 5.73. The number of amides is 3. The molecular weight excluding hydrogens is 462 g/mol. The van der Waals surface area contributed by atoms with Crippen molar-refractivity contribution in [2.24, 2.45) is 40.2 Å². The average molecular weight is 506 g/mol. The highest BCUT2D eigenvalue weighted by Gasteiger charge is 2.69. The molecule has 3 fully saturated rings. The molecule has 5 atom stereocenters. The molecule has 3 N–H and O–H groups in total. The zero-order valence-electron chi connectivity index (χ0n) is 23.0. The largest absolute Gasteiger partial charge is 0.444 e. The summed E-state index contributed by atoms with van der Waals surface area (Å²) in [5.41, 5.74) is 3.81. The Hall–Kier alpha value is -2.45. The number of hydrogen-bond acceptors (Lipinski definition) is 6. The molecule has 9 nitrogen and oxygen atoms in total. The maximum absolute atomic E-state index is 13.9. The molecule has 0 aromatic carbocycles. The molecule has 3 aliphatic rings. The maximum Gasteiger partial charge on any atom is 0.408 e. The Labute approximate surface area is 214 Å². The fraction of sp³-hybridized carbons (Fsp3) is 0.815. The number of nitrogens with two attached hydrogens (primary N) is 1. The van der Waals surface area contributed by atoms with Crippen molar-refractivity contribution in [2.45, 2.75) is 98.8 Å². The summed E-state index contributed by atoms with van der Waals surface area (Å²) in [6.45, 7) is 15.4. The molecule has 202 valence electrons. The highest BCUT2D eigenvalue weighted by atomic mass is 16.6. The van der Waals surface area contributed by atoms with Crippen LogP contribution < -0.4 is 11.1 Å². The summed E-state index contributed by atoms with van der Waals surface area (Å²) in [6, 6.07) is -1.61. The third kappa shape index (κ3) is 6.09. The Balaban J connectivity index is 1.83. The monoisotopic (exact) mass is 505 g/mol. The van der Waals surface area contributed by atoms with Gasteiger partial charge in [-0.1, -0.05) is 47.5 Å². The fourth-order valence-corrected chi connectivity index (χ4v) is 5.73. The molecule has 0 aromatic heterocycles. The number of nitrogens with zero attached hydrogens (tertiary/aromatic N) is 1. The number of primary amides is 1. The van der Waals surface area contributed by atoms with E-state index >= 15 is 0 Å². The van der Waals surface area contributed by atoms with Crippen LogP contribution in [0.2, 0.25) is 0 Å². The molecule has 0 bridgehead atoms. The maximum atomic E-state index is 13.9. The number of nitrogens with one attached hydrogen (secondary N) is 1. The number of likely N-dealkylation sites (tertiary alicyclic amines) is 1. The molecule has 1 aliphatic heterocycles. The third-order valence-electron chi connectivity index (χ3n) is 7.97. The number of carbonyl (C=O) groups is 5. The lowest BCUT2D eigenvalue weighted by Gasteiger charge is -2.38. The number of carbonyl (C=O) groups excluding carboxylic acids is 5. The first-order valence-corrected chi connectivity index (χ1v) is 13.0. The van der Waals surface area contributed by atoms with Crippen LogP contribution >= 0.6 is 0 Å². The van der Waals surface area contributed by atoms with Crippen LogP contribution in [0.1, 0.15) is 81.1 Å². The van der Waals surface area contributed by atoms with Gasteiger partial charge in [-0.05, 0) is 55.8 Å². The second-order valence-electron chi connectivity index (χ2n) is 13.6. The number of hydrogen-bond donors (Lipinski definition) is 2. The second kappa shape index (κ2) is 9.45. The van der Waals surface area contributed by atoms with E-state index in [1.807, 2.05) is 20.8 Å². The van der Waals surface area contributed by atoms with E-state index < -0.39 is 46.8 Å². The Bertz CT molecular complexity index is 940. The predicted molar refractivity (Wildman–Crippen MR) is 134 cm³/mol. The number of Topliss-reactive ketones (excluding diaryl/α,β-unsaturated/α-hetero) is 2. The normalized spacial score (nSPS) is 26.4. The molecule has 1 saturated heterocycles. The summed E-state index contributed by atoms with van der Waals surface area (Å²) in [5.74, 6) is -2.57. The van der Waals surface area contributed by atoms with Gasteiger partial charge < -0.3 is 20.7 Å². The van der Waals surface area contributed by atoms with Crippen LogP contribution in [0.4, 0.5) is 4.79 Å². The molecule has 3 rings (SSSR count). The highest BCUT2D eigenvalue weighted by Crippen LogP contribution is 2.65. The molecule has 3 amide bonds. The minimum Gasteiger partial charge on any atom is -0.444 e. The first-order valence-electron chi connectivity index (χ1n) is 13.0. The van der Waals surface area contributed by atoms with Crippen molar-refractivity contribution in [1.82, 2.24) is 10.2 Å². The summed E-state index contributed by atoms with van der Waals surface area (Å²) in [7, 11) is 0. The van der Waals surface area contributed by atoms with Crippen molar-refractivity contribution in [3.63, 3.8) is 0 Å². The van der Waals surface area contributed by atoms with Crippen LogP contribution in [0.5, 0.6) is 0 Å². The average Bonchev–Trinajstić information content (AvgIpc) is 3.55. The first-order chi connectivity index (χ1) is 16.3. The van der Waals surface area contributed by atoms with E-state index in [0.717, 1.165) is 12.8 Å². The van der Waals surface area contributed by atoms with Gasteiger partial charge in [-0.3, -0.25) is 19.2 Å². The molecule has 2 unspecified atom stereocenters. The summed E-state index contributed by atoms with van der Waals surface area (Å²) in [4.78, 5) is 65.8. The van der Waals surface area contributed by atoms with Crippen LogP contribution in [-0.4, -0.2) is 58.6 Å². The molecule has 2 saturated carbocycles. The van der Waals surface area contributed by atoms with Gasteiger partial charge in [0.25, 0.3) is 5.91 Å². The quantitative estimate of drug-likeness (QED) is 0.463. The molecule has 1 heterocycles. The molecule has 0 spiro atoms. The Kier molecular flexibility index (Phi) is 7.38. The van der Waals surface area contributed by atoms with Crippen molar-refractivity contribution < 1.29 is 28.7 Å². The van der Waals surface area contributed by atoms with Gasteiger partial charge >= 0.3 is 6.09 Å². The Morgan fingerprint density at radius 3 is 2.11 bits per heavy atom. The number of ketones is 2. The summed E-state index contributed by atoms with van der Waals surface area (Å²) >= 11 is 0. The third-order valence-corrected chi connectivity index (χ3v) is 7.97. The Morgan fingerprint density at radius 1 is 1.06 bits per heavy atom. The van der Waals surface area contributed by atoms with E-state index in [9.17, 15) is 24.0 Å². The summed E-state index contributed by atoms with van der Waals surface area (Å²) in [5, 5.41) is 2.73. The van der Waals surface area contributed by atoms with Crippen molar-refractivity contribution in [1.29, 1.82) is 0 Å². The lowest BCUT2D eigenvalue weighted by atomic mass is 9.84. The van der Waals surface area contributed by atoms with Gasteiger partial charge in [0, 0.05) is 18.9 Å². The highest BCUT2D eigenvalue weighted by molar-refractivity contribution is 6.36. The molecule has 0 radical (unpaired) electrons. The van der Waals surface area contributed by atoms with Crippen LogP contribution in [-0.2, 0) is 23.9 Å². The summed E-state index contributed by atoms with van der Waals surface area (Å²) < 4.78 is 5.39. The van der Waals surface area contributed by atoms with Gasteiger partial charge in [0.05, 0.1) is 6.04 Å². The van der Waals surface area contributed by atoms with E-state index in [4.69, 9.17) is 10.5 Å². The lowest BCUT2D eigenvalue weighted by Crippen LogP contribution is -2.58. The van der Waals surface area contributed by atoms with E-state index in [0.29, 0.717) is 18.9 Å². The number of rotatable bonds is 9. The standard InChI is InChI=1S/C27H43N3O6/c1-25(2,3)21(29-24(35)36-26(4,5)6)23(34)30-13-16-18(27(16,7)8)19(30)17(31)12-15(11-14-9-10-14)20(32)22(28)33/h14-16,18-19,21H,9-13H2,1-8H3,(H2,28,33)(H,29,35)/t15?,16?,18-,19+,21+/m0/s1. The molecule has 0 aromatic rings. The minimum atomic E-state index is -1.02. The molecule has 36 heavy (non-hydrogen) atoms. The number of piperidine rings is 1. The molecule has 9 heteroatoms. The smallest absolute Gasteiger partial charge is 0.408 e. The number of ether oxygens (including phenoxy) is 1. The molecular formula is C27H43N3O6. The van der Waals surface area contributed by atoms with Crippen molar-refractivity contribution in [3.05, 3.63) is 0 Å². The van der Waals surface area contributed by atoms with Gasteiger partial charge in [-0.2, -0.15) is 0 Å². The zero-order valence-corrected chi connectivity index (χ0v) is 23.0. The Morgan fingerprint density at radius 2 is 1.64 bits per heavy atom. The lowest BCUT2D eigenvalue weighted by molar-refractivity contribution is -0.144. The van der Waals surface area contributed by atoms with E-state index in [1.165, 1.54) is 0 Å². The van der Waals surface area contributed by atoms with Crippen molar-refractivity contribution in [2.75, 3.05) is 6.54 Å². The van der Waals surface area contributed by atoms with Gasteiger partial charge in [-0.25, -0.2) is 4.79 Å². The predicted octanol–water partition coefficient (Wildman–Crippen LogP) is 2.84. The van der Waals surface area contributed by atoms with Gasteiger partial charge in [0.15, 0.2) is 5.78 Å². The SMILES string of the molecule is CC(C)(C)OC(=O)N[C@H](C(=O)N1CC2[C@@H]([C@H]1C(=O)CC(CC1CC1)C(=O)C(N)=O)C2(C)C)C(C)(C)C. The summed E-state index contributed by atoms with van der Waals surface area (Å²) in [6.07, 6.45) is 1.63.